The molecule has 6 rings (SSSR count). The van der Waals surface area contributed by atoms with Crippen LogP contribution in [0.3, 0.4) is 0 Å². The third-order valence-electron chi connectivity index (χ3n) is 7.42. The van der Waals surface area contributed by atoms with Crippen molar-refractivity contribution in [1.82, 2.24) is 4.57 Å². The Bertz CT molecular complexity index is 2060. The number of allylic oxidation sites excluding steroid dienone is 1. The van der Waals surface area contributed by atoms with E-state index in [0.717, 1.165) is 33.0 Å². The molecule has 5 aromatic rings. The quantitative estimate of drug-likeness (QED) is 0.218. The molecule has 1 aliphatic rings. The fourth-order valence-electron chi connectivity index (χ4n) is 5.28. The summed E-state index contributed by atoms with van der Waals surface area (Å²) < 4.78 is 27.1. The number of fused-ring (bicyclic) bond motifs is 2. The number of aryl methyl sites for hydroxylation is 1. The van der Waals surface area contributed by atoms with Crippen molar-refractivity contribution in [2.75, 3.05) is 6.61 Å². The zero-order chi connectivity index (χ0) is 30.1. The molecule has 0 bridgehead atoms. The Morgan fingerprint density at radius 2 is 1.74 bits per heavy atom. The highest BCUT2D eigenvalue weighted by Crippen LogP contribution is 2.32. The number of hydrogen-bond acceptors (Lipinski definition) is 6. The summed E-state index contributed by atoms with van der Waals surface area (Å²) in [5, 5.41) is 1.91. The molecule has 0 amide bonds. The highest BCUT2D eigenvalue weighted by molar-refractivity contribution is 7.07. The molecule has 0 spiro atoms. The average molecular weight is 593 g/mol. The van der Waals surface area contributed by atoms with Crippen LogP contribution in [0.1, 0.15) is 42.1 Å². The molecule has 0 unspecified atom stereocenters. The highest BCUT2D eigenvalue weighted by Gasteiger charge is 2.33. The molecule has 216 valence electrons. The van der Waals surface area contributed by atoms with Gasteiger partial charge in [-0.2, -0.15) is 0 Å². The minimum atomic E-state index is -0.681. The van der Waals surface area contributed by atoms with Gasteiger partial charge in [0.05, 0.1) is 28.5 Å². The predicted octanol–water partition coefficient (Wildman–Crippen LogP) is 5.98. The Hall–Kier alpha value is -4.82. The standard InChI is InChI=1S/C35H29FN2O4S/c1-4-41-34(40)31-22(3)37-35-38(32(31)25-13-9-21(2)10-14-25)33(39)30(43-35)19-28-27-8-6-5-7-24(27)15-18-29(28)42-20-23-11-16-26(36)17-12-23/h5-19,32H,4,20H2,1-3H3/b30-19-/t32-/m1/s1. The minimum absolute atomic E-state index is 0.211. The van der Waals surface area contributed by atoms with Gasteiger partial charge in [-0.15, -0.1) is 0 Å². The van der Waals surface area contributed by atoms with Gasteiger partial charge in [0.1, 0.15) is 18.2 Å². The maximum Gasteiger partial charge on any atom is 0.338 e. The number of aromatic nitrogens is 1. The summed E-state index contributed by atoms with van der Waals surface area (Å²) in [7, 11) is 0. The Balaban J connectivity index is 1.52. The molecule has 4 aromatic carbocycles. The number of carbonyl (C=O) groups is 1. The lowest BCUT2D eigenvalue weighted by Crippen LogP contribution is -2.39. The number of thiazole rings is 1. The van der Waals surface area contributed by atoms with Crippen LogP contribution in [-0.4, -0.2) is 17.1 Å². The van der Waals surface area contributed by atoms with Crippen LogP contribution in [0.4, 0.5) is 4.39 Å². The number of halogens is 1. The van der Waals surface area contributed by atoms with E-state index in [9.17, 15) is 14.0 Å². The fourth-order valence-corrected chi connectivity index (χ4v) is 6.31. The van der Waals surface area contributed by atoms with Crippen molar-refractivity contribution < 1.29 is 18.7 Å². The van der Waals surface area contributed by atoms with E-state index in [1.807, 2.05) is 73.7 Å². The SMILES string of the molecule is CCOC(=O)C1=C(C)N=c2s/c(=C\c3c(OCc4ccc(F)cc4)ccc4ccccc34)c(=O)n2[C@@H]1c1ccc(C)cc1. The molecule has 6 nitrogen and oxygen atoms in total. The van der Waals surface area contributed by atoms with Gasteiger partial charge in [0, 0.05) is 5.56 Å². The smallest absolute Gasteiger partial charge is 0.338 e. The monoisotopic (exact) mass is 592 g/mol. The molecule has 8 heteroatoms. The van der Waals surface area contributed by atoms with Gasteiger partial charge in [-0.25, -0.2) is 14.2 Å². The summed E-state index contributed by atoms with van der Waals surface area (Å²) in [6.45, 7) is 5.96. The average Bonchev–Trinajstić information content (AvgIpc) is 3.31. The first-order valence-corrected chi connectivity index (χ1v) is 14.8. The minimum Gasteiger partial charge on any atom is -0.488 e. The molecule has 0 N–H and O–H groups in total. The molecule has 1 aliphatic heterocycles. The van der Waals surface area contributed by atoms with Crippen LogP contribution in [-0.2, 0) is 16.1 Å². The number of esters is 1. The molecule has 1 atom stereocenters. The summed E-state index contributed by atoms with van der Waals surface area (Å²) in [5.74, 6) is -0.211. The molecule has 1 aromatic heterocycles. The van der Waals surface area contributed by atoms with Crippen molar-refractivity contribution in [2.45, 2.75) is 33.4 Å². The zero-order valence-electron chi connectivity index (χ0n) is 24.0. The summed E-state index contributed by atoms with van der Waals surface area (Å²) in [4.78, 5) is 32.6. The van der Waals surface area contributed by atoms with Crippen LogP contribution in [0.5, 0.6) is 5.75 Å². The van der Waals surface area contributed by atoms with Crippen molar-refractivity contribution in [1.29, 1.82) is 0 Å². The number of nitrogens with zero attached hydrogens (tertiary/aromatic N) is 2. The third-order valence-corrected chi connectivity index (χ3v) is 8.41. The lowest BCUT2D eigenvalue weighted by atomic mass is 9.95. The first kappa shape index (κ1) is 28.3. The van der Waals surface area contributed by atoms with Crippen LogP contribution in [0.2, 0.25) is 0 Å². The second kappa shape index (κ2) is 11.8. The molecular formula is C35H29FN2O4S. The van der Waals surface area contributed by atoms with E-state index in [1.165, 1.54) is 23.5 Å². The van der Waals surface area contributed by atoms with Gasteiger partial charge in [-0.3, -0.25) is 9.36 Å². The maximum atomic E-state index is 14.2. The Kier molecular flexibility index (Phi) is 7.78. The summed E-state index contributed by atoms with van der Waals surface area (Å²) in [5.41, 5.74) is 4.03. The van der Waals surface area contributed by atoms with E-state index < -0.39 is 12.0 Å². The number of carbonyl (C=O) groups excluding carboxylic acids is 1. The third kappa shape index (κ3) is 5.53. The number of ether oxygens (including phenoxy) is 2. The van der Waals surface area contributed by atoms with Gasteiger partial charge in [0.25, 0.3) is 5.56 Å². The summed E-state index contributed by atoms with van der Waals surface area (Å²) in [6, 6.07) is 25.0. The molecule has 0 saturated carbocycles. The van der Waals surface area contributed by atoms with Gasteiger partial charge in [0.15, 0.2) is 4.80 Å². The van der Waals surface area contributed by atoms with Gasteiger partial charge in [-0.1, -0.05) is 83.6 Å². The highest BCUT2D eigenvalue weighted by atomic mass is 32.1. The molecule has 0 aliphatic carbocycles. The number of benzene rings is 4. The van der Waals surface area contributed by atoms with E-state index in [1.54, 1.807) is 30.5 Å². The Morgan fingerprint density at radius 3 is 2.49 bits per heavy atom. The van der Waals surface area contributed by atoms with Crippen LogP contribution in [0.15, 0.2) is 106 Å². The van der Waals surface area contributed by atoms with E-state index >= 15 is 0 Å². The molecule has 0 radical (unpaired) electrons. The Morgan fingerprint density at radius 1 is 1.00 bits per heavy atom. The zero-order valence-corrected chi connectivity index (χ0v) is 24.8. The van der Waals surface area contributed by atoms with E-state index in [2.05, 4.69) is 0 Å². The van der Waals surface area contributed by atoms with E-state index in [0.29, 0.717) is 26.4 Å². The van der Waals surface area contributed by atoms with Crippen molar-refractivity contribution >= 4 is 34.2 Å². The topological polar surface area (TPSA) is 69.9 Å². The van der Waals surface area contributed by atoms with Gasteiger partial charge < -0.3 is 9.47 Å². The van der Waals surface area contributed by atoms with Crippen LogP contribution >= 0.6 is 11.3 Å². The Labute approximate surface area is 251 Å². The first-order valence-electron chi connectivity index (χ1n) is 14.0. The lowest BCUT2D eigenvalue weighted by Gasteiger charge is -2.24. The van der Waals surface area contributed by atoms with E-state index in [-0.39, 0.29) is 24.6 Å². The lowest BCUT2D eigenvalue weighted by molar-refractivity contribution is -0.139. The fraction of sp³-hybridized carbons (Fsp3) is 0.171. The van der Waals surface area contributed by atoms with Crippen LogP contribution < -0.4 is 19.6 Å². The van der Waals surface area contributed by atoms with Crippen molar-refractivity contribution in [2.24, 2.45) is 4.99 Å². The molecule has 0 fully saturated rings. The first-order chi connectivity index (χ1) is 20.8. The second-order valence-electron chi connectivity index (χ2n) is 10.3. The molecule has 0 saturated heterocycles. The second-order valence-corrected chi connectivity index (χ2v) is 11.3. The van der Waals surface area contributed by atoms with Crippen molar-refractivity contribution in [3.05, 3.63) is 144 Å². The summed E-state index contributed by atoms with van der Waals surface area (Å²) >= 11 is 1.27. The predicted molar refractivity (Wildman–Crippen MR) is 166 cm³/mol. The van der Waals surface area contributed by atoms with Crippen LogP contribution in [0, 0.1) is 12.7 Å². The molecular weight excluding hydrogens is 563 g/mol. The molecule has 2 heterocycles. The van der Waals surface area contributed by atoms with Gasteiger partial charge >= 0.3 is 5.97 Å². The van der Waals surface area contributed by atoms with Crippen molar-refractivity contribution in [3.8, 4) is 5.75 Å². The summed E-state index contributed by atoms with van der Waals surface area (Å²) in [6.07, 6.45) is 1.84. The number of hydrogen-bond donors (Lipinski definition) is 0. The van der Waals surface area contributed by atoms with Crippen molar-refractivity contribution in [3.63, 3.8) is 0 Å². The maximum absolute atomic E-state index is 14.2. The van der Waals surface area contributed by atoms with Gasteiger partial charge in [0.2, 0.25) is 0 Å². The van der Waals surface area contributed by atoms with Gasteiger partial charge in [-0.05, 0) is 66.9 Å². The number of rotatable bonds is 7. The normalized spacial score (nSPS) is 14.9. The van der Waals surface area contributed by atoms with E-state index in [4.69, 9.17) is 14.5 Å². The van der Waals surface area contributed by atoms with Crippen LogP contribution in [0.25, 0.3) is 16.8 Å². The largest absolute Gasteiger partial charge is 0.488 e. The molecule has 43 heavy (non-hydrogen) atoms.